The first-order chi connectivity index (χ1) is 21.7. The van der Waals surface area contributed by atoms with Crippen LogP contribution in [-0.2, 0) is 33.4 Å². The summed E-state index contributed by atoms with van der Waals surface area (Å²) in [7, 11) is 7.49. The molecule has 0 aliphatic carbocycles. The van der Waals surface area contributed by atoms with Crippen LogP contribution in [-0.4, -0.2) is 110 Å². The molecule has 0 radical (unpaired) electrons. The zero-order valence-electron chi connectivity index (χ0n) is 34.9. The fourth-order valence-electron chi connectivity index (χ4n) is 1.59. The monoisotopic (exact) mass is 934 g/mol. The molecule has 0 saturated carbocycles. The molecule has 0 bridgehead atoms. The molecule has 50 heavy (non-hydrogen) atoms. The number of carbonyl (C=O) groups excluding carboxylic acids is 4. The molecule has 0 fully saturated rings. The number of alkyl halides is 2. The summed E-state index contributed by atoms with van der Waals surface area (Å²) in [5.74, 6) is -0.523. The highest BCUT2D eigenvalue weighted by molar-refractivity contribution is 9.20. The number of carbonyl (C=O) groups is 4. The zero-order chi connectivity index (χ0) is 40.7. The van der Waals surface area contributed by atoms with Crippen molar-refractivity contribution >= 4 is 82.8 Å². The second kappa shape index (κ2) is 30.1. The fraction of sp³-hybridized carbons (Fsp3) is 0.889. The molecule has 0 rings (SSSR count). The van der Waals surface area contributed by atoms with Gasteiger partial charge in [-0.2, -0.15) is 0 Å². The number of hydrogen-bond donors (Lipinski definition) is 1. The lowest BCUT2D eigenvalue weighted by atomic mass is 10.1. The van der Waals surface area contributed by atoms with Gasteiger partial charge < -0.3 is 19.3 Å². The molecule has 0 spiro atoms. The molecule has 0 aromatic rings. The van der Waals surface area contributed by atoms with Crippen LogP contribution >= 0.6 is 60.2 Å². The van der Waals surface area contributed by atoms with Crippen LogP contribution in [0.5, 0.6) is 0 Å². The van der Waals surface area contributed by atoms with Crippen molar-refractivity contribution in [2.24, 2.45) is 0 Å². The van der Waals surface area contributed by atoms with Gasteiger partial charge in [0.25, 0.3) is 0 Å². The maximum atomic E-state index is 11.6. The number of aliphatic hydroxyl groups is 1. The lowest BCUT2D eigenvalue weighted by Gasteiger charge is -2.30. The van der Waals surface area contributed by atoms with E-state index in [0.717, 1.165) is 25.7 Å². The van der Waals surface area contributed by atoms with Crippen molar-refractivity contribution in [2.45, 2.75) is 181 Å². The van der Waals surface area contributed by atoms with Gasteiger partial charge in [0.1, 0.15) is 15.4 Å². The molecule has 4 unspecified atom stereocenters. The van der Waals surface area contributed by atoms with Gasteiger partial charge in [0.15, 0.2) is 0 Å². The maximum absolute atomic E-state index is 11.6. The fourth-order valence-corrected chi connectivity index (χ4v) is 1.69. The van der Waals surface area contributed by atoms with Crippen molar-refractivity contribution in [3.8, 4) is 0 Å². The highest BCUT2D eigenvalue weighted by atomic mass is 79.9. The van der Waals surface area contributed by atoms with Crippen molar-refractivity contribution < 1.29 is 38.5 Å². The summed E-state index contributed by atoms with van der Waals surface area (Å²) in [6, 6.07) is 0. The van der Waals surface area contributed by atoms with Gasteiger partial charge in [-0.15, -0.1) is 12.4 Å². The van der Waals surface area contributed by atoms with Crippen molar-refractivity contribution in [3.05, 3.63) is 0 Å². The van der Waals surface area contributed by atoms with E-state index in [1.54, 1.807) is 34.6 Å². The van der Waals surface area contributed by atoms with Crippen LogP contribution in [0.4, 0.5) is 0 Å². The minimum Gasteiger partial charge on any atom is -0.462 e. The molecule has 4 atom stereocenters. The Morgan fingerprint density at radius 3 is 0.880 bits per heavy atom. The van der Waals surface area contributed by atoms with Crippen molar-refractivity contribution in [2.75, 3.05) is 28.2 Å². The molecule has 0 aliphatic rings. The lowest BCUT2D eigenvalue weighted by molar-refractivity contribution is -0.160. The van der Waals surface area contributed by atoms with Crippen LogP contribution in [0.1, 0.15) is 136 Å². The molecule has 0 amide bonds. The number of halogens is 4. The number of aliphatic hydroxyl groups excluding tert-OH is 1. The van der Waals surface area contributed by atoms with Crippen LogP contribution in [0.25, 0.3) is 0 Å². The van der Waals surface area contributed by atoms with E-state index in [-0.39, 0.29) is 59.4 Å². The molecular formula is C36H74Br3ClN2O8. The van der Waals surface area contributed by atoms with Crippen LogP contribution < -0.4 is 0 Å². The number of esters is 3. The second-order valence-corrected chi connectivity index (χ2v) is 18.9. The Bertz CT molecular complexity index is 880. The number of hydrogen-bond acceptors (Lipinski definition) is 10. The van der Waals surface area contributed by atoms with Crippen molar-refractivity contribution in [3.63, 3.8) is 0 Å². The quantitative estimate of drug-likeness (QED) is 0.0829. The van der Waals surface area contributed by atoms with Crippen LogP contribution in [0, 0.1) is 0 Å². The molecule has 0 aromatic heterocycles. The van der Waals surface area contributed by atoms with Crippen LogP contribution in [0.15, 0.2) is 0 Å². The summed E-state index contributed by atoms with van der Waals surface area (Å²) in [5, 5.41) is 8.36. The normalized spacial score (nSPS) is 13.7. The van der Waals surface area contributed by atoms with Gasteiger partial charge in [-0.25, -0.2) is 0 Å². The summed E-state index contributed by atoms with van der Waals surface area (Å²) in [4.78, 5) is 48.4. The smallest absolute Gasteiger partial charge is 0.326 e. The Balaban J connectivity index is -0.000000125. The zero-order valence-corrected chi connectivity index (χ0v) is 40.5. The predicted octanol–water partition coefficient (Wildman–Crippen LogP) is 9.12. The number of ether oxygens (including phenoxy) is 3. The van der Waals surface area contributed by atoms with E-state index < -0.39 is 19.7 Å². The summed E-state index contributed by atoms with van der Waals surface area (Å²) < 4.78 is 14.6. The average molecular weight is 938 g/mol. The molecule has 0 heterocycles. The van der Waals surface area contributed by atoms with Gasteiger partial charge in [-0.3, -0.25) is 29.0 Å². The molecule has 14 heteroatoms. The van der Waals surface area contributed by atoms with E-state index in [1.165, 1.54) is 0 Å². The average Bonchev–Trinajstić information content (AvgIpc) is 2.96. The first-order valence-corrected chi connectivity index (χ1v) is 19.3. The van der Waals surface area contributed by atoms with E-state index in [1.807, 2.05) is 114 Å². The Morgan fingerprint density at radius 2 is 0.760 bits per heavy atom. The Kier molecular flexibility index (Phi) is 37.1. The van der Waals surface area contributed by atoms with Crippen LogP contribution in [0.3, 0.4) is 0 Å². The minimum atomic E-state index is -0.559. The first-order valence-electron chi connectivity index (χ1n) is 17.0. The molecule has 10 nitrogen and oxygen atoms in total. The first kappa shape index (κ1) is 61.7. The standard InChI is InChI=1S/2C10H21NO2.C8H15BrO2.C4H6Br2O.C4H10O.ClH/c2*1-7-8(2)13-9(12)10(3,4)11(5)6;1-5-6(2)11-7(10)8(3,4)9;1-4(2,6)3(5)7;1-3-4(2)5;/h2*8H,7H2,1-6H3;6H,5H2,1-4H3;1-2H3;4-5H,3H2,1-2H3;1H. The summed E-state index contributed by atoms with van der Waals surface area (Å²) >= 11 is 9.18. The Labute approximate surface area is 338 Å². The largest absolute Gasteiger partial charge is 0.462 e. The molecule has 0 aromatic carbocycles. The van der Waals surface area contributed by atoms with Gasteiger partial charge in [0.05, 0.1) is 28.7 Å². The van der Waals surface area contributed by atoms with E-state index in [9.17, 15) is 19.2 Å². The Morgan fingerprint density at radius 1 is 0.560 bits per heavy atom. The van der Waals surface area contributed by atoms with E-state index in [4.69, 9.17) is 19.3 Å². The van der Waals surface area contributed by atoms with Gasteiger partial charge in [-0.1, -0.05) is 59.6 Å². The maximum Gasteiger partial charge on any atom is 0.326 e. The van der Waals surface area contributed by atoms with Crippen molar-refractivity contribution in [1.29, 1.82) is 0 Å². The molecule has 304 valence electrons. The van der Waals surface area contributed by atoms with Crippen LogP contribution in [0.2, 0.25) is 0 Å². The predicted molar refractivity (Wildman–Crippen MR) is 222 cm³/mol. The van der Waals surface area contributed by atoms with E-state index in [2.05, 4.69) is 47.8 Å². The highest BCUT2D eigenvalue weighted by Gasteiger charge is 2.33. The summed E-state index contributed by atoms with van der Waals surface area (Å²) in [6.45, 7) is 30.0. The third-order valence-electron chi connectivity index (χ3n) is 7.43. The molecule has 0 saturated heterocycles. The number of likely N-dealkylation sites (N-methyl/N-ethyl adjacent to an activating group) is 2. The van der Waals surface area contributed by atoms with Crippen molar-refractivity contribution in [1.82, 2.24) is 9.80 Å². The van der Waals surface area contributed by atoms with Gasteiger partial charge in [0.2, 0.25) is 4.69 Å². The Hall–Kier alpha value is -0.310. The third kappa shape index (κ3) is 33.5. The van der Waals surface area contributed by atoms with Gasteiger partial charge in [-0.05, 0) is 153 Å². The minimum absolute atomic E-state index is 0. The second-order valence-electron chi connectivity index (χ2n) is 14.3. The SMILES string of the molecule is CC(C)(Br)C(=O)Br.CCC(C)O.CCC(C)OC(=O)C(C)(C)Br.CCC(C)OC(=O)C(C)(C)N(C)C.CCC(C)OC(=O)C(C)(C)N(C)C.Cl. The molecule has 1 N–H and O–H groups in total. The summed E-state index contributed by atoms with van der Waals surface area (Å²) in [5.41, 5.74) is -1.08. The molecular weight excluding hydrogens is 864 g/mol. The number of nitrogens with zero attached hydrogens (tertiary/aromatic N) is 2. The van der Waals surface area contributed by atoms with Gasteiger partial charge >= 0.3 is 17.9 Å². The highest BCUT2D eigenvalue weighted by Crippen LogP contribution is 2.20. The van der Waals surface area contributed by atoms with E-state index >= 15 is 0 Å². The van der Waals surface area contributed by atoms with Gasteiger partial charge in [0, 0.05) is 0 Å². The topological polar surface area (TPSA) is 123 Å². The lowest BCUT2D eigenvalue weighted by Crippen LogP contribution is -2.47. The summed E-state index contributed by atoms with van der Waals surface area (Å²) in [6.07, 6.45) is 3.34. The third-order valence-corrected chi connectivity index (χ3v) is 9.64. The molecule has 0 aliphatic heterocycles. The number of rotatable bonds is 13. The van der Waals surface area contributed by atoms with E-state index in [0.29, 0.717) is 0 Å².